The molecule has 1 amide bonds. The van der Waals surface area contributed by atoms with Crippen molar-refractivity contribution in [2.24, 2.45) is 0 Å². The minimum atomic E-state index is 0. The molecule has 7 heteroatoms. The zero-order chi connectivity index (χ0) is 18.5. The molecule has 3 aliphatic rings. The van der Waals surface area contributed by atoms with Crippen LogP contribution in [-0.4, -0.2) is 60.6 Å². The second-order valence-electron chi connectivity index (χ2n) is 8.35. The molecule has 1 saturated carbocycles. The van der Waals surface area contributed by atoms with Crippen molar-refractivity contribution in [1.82, 2.24) is 9.80 Å². The number of nitrogens with one attached hydrogen (secondary N) is 1. The van der Waals surface area contributed by atoms with Crippen LogP contribution in [0.5, 0.6) is 5.75 Å². The molecule has 2 heterocycles. The van der Waals surface area contributed by atoms with Crippen molar-refractivity contribution in [3.8, 4) is 5.75 Å². The second kappa shape index (κ2) is 12.0. The lowest BCUT2D eigenvalue weighted by Gasteiger charge is -2.36. The lowest BCUT2D eigenvalue weighted by Crippen LogP contribution is -2.43. The van der Waals surface area contributed by atoms with Crippen LogP contribution in [0.25, 0.3) is 0 Å². The standard InChI is InChI=1S/C22H33N3O2.2ClH/c26-22(17-24-13-3-4-14-24)23-18-7-9-20(10-8-18)27-21-11-15-25(16-12-21)19-5-1-2-6-19;;/h7-10,19,21H,1-6,11-17H2,(H,23,26);2*1H. The number of rotatable bonds is 6. The SMILES string of the molecule is Cl.Cl.O=C(CN1CCCC1)Nc1ccc(OC2CCN(C3CCCC3)CC2)cc1. The van der Waals surface area contributed by atoms with Gasteiger partial charge in [0.2, 0.25) is 5.91 Å². The van der Waals surface area contributed by atoms with Gasteiger partial charge in [-0.15, -0.1) is 24.8 Å². The molecule has 0 radical (unpaired) electrons. The van der Waals surface area contributed by atoms with Gasteiger partial charge in [-0.1, -0.05) is 12.8 Å². The van der Waals surface area contributed by atoms with Crippen LogP contribution in [0.3, 0.4) is 0 Å². The molecule has 29 heavy (non-hydrogen) atoms. The molecule has 0 atom stereocenters. The quantitative estimate of drug-likeness (QED) is 0.709. The molecule has 1 N–H and O–H groups in total. The lowest BCUT2D eigenvalue weighted by molar-refractivity contribution is -0.117. The van der Waals surface area contributed by atoms with E-state index in [-0.39, 0.29) is 30.7 Å². The molecular weight excluding hydrogens is 409 g/mol. The number of hydrogen-bond acceptors (Lipinski definition) is 4. The summed E-state index contributed by atoms with van der Waals surface area (Å²) in [5, 5.41) is 2.99. The number of hydrogen-bond donors (Lipinski definition) is 1. The molecule has 3 fully saturated rings. The van der Waals surface area contributed by atoms with Crippen LogP contribution in [0.2, 0.25) is 0 Å². The summed E-state index contributed by atoms with van der Waals surface area (Å²) in [7, 11) is 0. The minimum absolute atomic E-state index is 0. The van der Waals surface area contributed by atoms with Crippen LogP contribution in [0, 0.1) is 0 Å². The molecule has 0 aromatic heterocycles. The summed E-state index contributed by atoms with van der Waals surface area (Å²) in [6.07, 6.45) is 10.5. The zero-order valence-electron chi connectivity index (χ0n) is 17.2. The highest BCUT2D eigenvalue weighted by molar-refractivity contribution is 5.92. The number of likely N-dealkylation sites (tertiary alicyclic amines) is 2. The molecule has 1 aromatic rings. The average Bonchev–Trinajstić information content (AvgIpc) is 3.38. The van der Waals surface area contributed by atoms with E-state index in [1.54, 1.807) is 0 Å². The normalized spacial score (nSPS) is 21.4. The highest BCUT2D eigenvalue weighted by Gasteiger charge is 2.27. The first-order valence-corrected chi connectivity index (χ1v) is 10.8. The fourth-order valence-corrected chi connectivity index (χ4v) is 4.78. The maximum absolute atomic E-state index is 12.1. The van der Waals surface area contributed by atoms with E-state index in [4.69, 9.17) is 4.74 Å². The Labute approximate surface area is 187 Å². The van der Waals surface area contributed by atoms with Gasteiger partial charge in [-0.2, -0.15) is 0 Å². The van der Waals surface area contributed by atoms with E-state index in [1.807, 2.05) is 24.3 Å². The van der Waals surface area contributed by atoms with Crippen LogP contribution in [0.1, 0.15) is 51.4 Å². The number of benzene rings is 1. The predicted octanol–water partition coefficient (Wildman–Crippen LogP) is 4.35. The first kappa shape index (κ1) is 24.3. The summed E-state index contributed by atoms with van der Waals surface area (Å²) in [5.41, 5.74) is 0.850. The van der Waals surface area contributed by atoms with Crippen LogP contribution >= 0.6 is 24.8 Å². The highest BCUT2D eigenvalue weighted by Crippen LogP contribution is 2.27. The zero-order valence-corrected chi connectivity index (χ0v) is 18.8. The summed E-state index contributed by atoms with van der Waals surface area (Å²) < 4.78 is 6.19. The van der Waals surface area contributed by atoms with Crippen LogP contribution in [-0.2, 0) is 4.79 Å². The Morgan fingerprint density at radius 3 is 2.14 bits per heavy atom. The molecule has 0 spiro atoms. The molecule has 0 bridgehead atoms. The molecule has 164 valence electrons. The second-order valence-corrected chi connectivity index (χ2v) is 8.35. The Hall–Kier alpha value is -1.01. The van der Waals surface area contributed by atoms with E-state index in [0.717, 1.165) is 43.4 Å². The van der Waals surface area contributed by atoms with E-state index in [9.17, 15) is 4.79 Å². The van der Waals surface area contributed by atoms with Gasteiger partial charge < -0.3 is 15.0 Å². The summed E-state index contributed by atoms with van der Waals surface area (Å²) in [6, 6.07) is 8.69. The maximum Gasteiger partial charge on any atom is 0.238 e. The van der Waals surface area contributed by atoms with Crippen LogP contribution < -0.4 is 10.1 Å². The van der Waals surface area contributed by atoms with Gasteiger partial charge in [0.1, 0.15) is 11.9 Å². The fraction of sp³-hybridized carbons (Fsp3) is 0.682. The molecule has 0 unspecified atom stereocenters. The summed E-state index contributed by atoms with van der Waals surface area (Å²) in [6.45, 7) is 4.91. The van der Waals surface area contributed by atoms with Crippen molar-refractivity contribution in [2.45, 2.75) is 63.5 Å². The first-order valence-electron chi connectivity index (χ1n) is 10.8. The van der Waals surface area contributed by atoms with Gasteiger partial charge in [0.15, 0.2) is 0 Å². The smallest absolute Gasteiger partial charge is 0.238 e. The van der Waals surface area contributed by atoms with Gasteiger partial charge in [-0.05, 0) is 75.9 Å². The van der Waals surface area contributed by atoms with Gasteiger partial charge in [-0.25, -0.2) is 0 Å². The van der Waals surface area contributed by atoms with Crippen molar-refractivity contribution < 1.29 is 9.53 Å². The third-order valence-electron chi connectivity index (χ3n) is 6.32. The van der Waals surface area contributed by atoms with Crippen LogP contribution in [0.4, 0.5) is 5.69 Å². The lowest BCUT2D eigenvalue weighted by atomic mass is 10.0. The van der Waals surface area contributed by atoms with Gasteiger partial charge in [0.25, 0.3) is 0 Å². The Morgan fingerprint density at radius 1 is 0.897 bits per heavy atom. The number of nitrogens with zero attached hydrogens (tertiary/aromatic N) is 2. The van der Waals surface area contributed by atoms with Crippen molar-refractivity contribution in [1.29, 1.82) is 0 Å². The van der Waals surface area contributed by atoms with E-state index in [1.165, 1.54) is 51.6 Å². The van der Waals surface area contributed by atoms with Crippen molar-refractivity contribution >= 4 is 36.4 Å². The number of anilines is 1. The maximum atomic E-state index is 12.1. The van der Waals surface area contributed by atoms with E-state index < -0.39 is 0 Å². The van der Waals surface area contributed by atoms with Gasteiger partial charge in [0, 0.05) is 24.8 Å². The largest absolute Gasteiger partial charge is 0.490 e. The van der Waals surface area contributed by atoms with E-state index in [0.29, 0.717) is 12.6 Å². The molecular formula is C22H35Cl2N3O2. The van der Waals surface area contributed by atoms with Gasteiger partial charge in [0.05, 0.1) is 6.54 Å². The third-order valence-corrected chi connectivity index (χ3v) is 6.32. The molecule has 1 aromatic carbocycles. The summed E-state index contributed by atoms with van der Waals surface area (Å²) in [5.74, 6) is 0.983. The van der Waals surface area contributed by atoms with Crippen LogP contribution in [0.15, 0.2) is 24.3 Å². The van der Waals surface area contributed by atoms with Gasteiger partial charge >= 0.3 is 0 Å². The minimum Gasteiger partial charge on any atom is -0.490 e. The number of carbonyl (C=O) groups is 1. The monoisotopic (exact) mass is 443 g/mol. The fourth-order valence-electron chi connectivity index (χ4n) is 4.78. The van der Waals surface area contributed by atoms with E-state index in [2.05, 4.69) is 15.1 Å². The number of halogens is 2. The Bertz CT molecular complexity index is 609. The number of amides is 1. The molecule has 2 aliphatic heterocycles. The number of piperidine rings is 1. The summed E-state index contributed by atoms with van der Waals surface area (Å²) in [4.78, 5) is 17.0. The first-order chi connectivity index (χ1) is 13.3. The van der Waals surface area contributed by atoms with Crippen molar-refractivity contribution in [3.63, 3.8) is 0 Å². The predicted molar refractivity (Wildman–Crippen MR) is 123 cm³/mol. The van der Waals surface area contributed by atoms with E-state index >= 15 is 0 Å². The average molecular weight is 444 g/mol. The van der Waals surface area contributed by atoms with Gasteiger partial charge in [-0.3, -0.25) is 9.69 Å². The highest BCUT2D eigenvalue weighted by atomic mass is 35.5. The molecule has 2 saturated heterocycles. The Kier molecular flexibility index (Phi) is 10.0. The Morgan fingerprint density at radius 2 is 1.52 bits per heavy atom. The summed E-state index contributed by atoms with van der Waals surface area (Å²) >= 11 is 0. The topological polar surface area (TPSA) is 44.8 Å². The molecule has 5 nitrogen and oxygen atoms in total. The molecule has 4 rings (SSSR count). The van der Waals surface area contributed by atoms with Crippen molar-refractivity contribution in [2.75, 3.05) is 38.0 Å². The van der Waals surface area contributed by atoms with Crippen molar-refractivity contribution in [3.05, 3.63) is 24.3 Å². The Balaban J connectivity index is 0.00000150. The molecule has 1 aliphatic carbocycles. The number of ether oxygens (including phenoxy) is 1. The number of carbonyl (C=O) groups excluding carboxylic acids is 1. The third kappa shape index (κ3) is 7.02.